The molecule has 0 saturated heterocycles. The molecule has 2 rings (SSSR count). The third-order valence-electron chi connectivity index (χ3n) is 2.60. The van der Waals surface area contributed by atoms with Gasteiger partial charge in [-0.25, -0.2) is 4.39 Å². The monoisotopic (exact) mass is 391 g/mol. The van der Waals surface area contributed by atoms with Crippen LogP contribution in [-0.2, 0) is 0 Å². The summed E-state index contributed by atoms with van der Waals surface area (Å²) in [5.41, 5.74) is 7.27. The van der Waals surface area contributed by atoms with Gasteiger partial charge in [-0.3, -0.25) is 0 Å². The van der Waals surface area contributed by atoms with Crippen LogP contribution in [0.4, 0.5) is 4.39 Å². The molecule has 0 bridgehead atoms. The van der Waals surface area contributed by atoms with Gasteiger partial charge in [-0.05, 0) is 45.8 Å². The maximum absolute atomic E-state index is 13.9. The zero-order valence-electron chi connectivity index (χ0n) is 9.13. The molecule has 2 aromatic rings. The molecule has 1 nitrogen and oxygen atoms in total. The Hall–Kier alpha value is -0.420. The number of hydrogen-bond donors (Lipinski definition) is 1. The zero-order chi connectivity index (χ0) is 13.3. The average Bonchev–Trinajstić information content (AvgIpc) is 2.34. The van der Waals surface area contributed by atoms with Gasteiger partial charge in [-0.1, -0.05) is 39.7 Å². The van der Waals surface area contributed by atoms with Gasteiger partial charge in [0.15, 0.2) is 0 Å². The first-order chi connectivity index (χ1) is 8.49. The Morgan fingerprint density at radius 2 is 1.72 bits per heavy atom. The Morgan fingerprint density at radius 1 is 1.11 bits per heavy atom. The summed E-state index contributed by atoms with van der Waals surface area (Å²) >= 11 is 12.5. The van der Waals surface area contributed by atoms with E-state index in [1.807, 2.05) is 24.3 Å². The molecule has 94 valence electrons. The first kappa shape index (κ1) is 14.0. The lowest BCUT2D eigenvalue weighted by Gasteiger charge is -2.14. The molecule has 0 spiro atoms. The highest BCUT2D eigenvalue weighted by Crippen LogP contribution is 2.30. The summed E-state index contributed by atoms with van der Waals surface area (Å²) in [5, 5.41) is 0.443. The van der Waals surface area contributed by atoms with Crippen molar-refractivity contribution in [2.45, 2.75) is 6.04 Å². The van der Waals surface area contributed by atoms with Crippen LogP contribution in [0.15, 0.2) is 45.3 Å². The molecule has 5 heteroatoms. The van der Waals surface area contributed by atoms with Crippen molar-refractivity contribution in [3.05, 3.63) is 67.3 Å². The summed E-state index contributed by atoms with van der Waals surface area (Å²) in [6, 6.07) is 9.78. The first-order valence-corrected chi connectivity index (χ1v) is 7.11. The molecule has 0 aliphatic rings. The summed E-state index contributed by atoms with van der Waals surface area (Å²) in [5.74, 6) is -0.373. The zero-order valence-corrected chi connectivity index (χ0v) is 13.1. The topological polar surface area (TPSA) is 26.0 Å². The van der Waals surface area contributed by atoms with E-state index >= 15 is 0 Å². The van der Waals surface area contributed by atoms with Crippen LogP contribution in [-0.4, -0.2) is 0 Å². The summed E-state index contributed by atoms with van der Waals surface area (Å²) in [7, 11) is 0. The van der Waals surface area contributed by atoms with Crippen LogP contribution in [0.25, 0.3) is 0 Å². The second kappa shape index (κ2) is 5.70. The SMILES string of the molecule is NC(c1ccc(Br)cc1)c1cc(Cl)c(Br)cc1F. The summed E-state index contributed by atoms with van der Waals surface area (Å²) in [6.45, 7) is 0. The molecule has 0 radical (unpaired) electrons. The summed E-state index contributed by atoms with van der Waals surface area (Å²) < 4.78 is 15.3. The van der Waals surface area contributed by atoms with E-state index in [2.05, 4.69) is 31.9 Å². The van der Waals surface area contributed by atoms with E-state index in [0.29, 0.717) is 15.1 Å². The molecule has 1 unspecified atom stereocenters. The Balaban J connectivity index is 2.42. The normalized spacial score (nSPS) is 12.5. The second-order valence-electron chi connectivity index (χ2n) is 3.82. The van der Waals surface area contributed by atoms with Gasteiger partial charge in [-0.15, -0.1) is 0 Å². The van der Waals surface area contributed by atoms with Gasteiger partial charge in [-0.2, -0.15) is 0 Å². The van der Waals surface area contributed by atoms with Crippen LogP contribution in [0, 0.1) is 5.82 Å². The fourth-order valence-electron chi connectivity index (χ4n) is 1.63. The molecular formula is C13H9Br2ClFN. The Morgan fingerprint density at radius 3 is 2.33 bits per heavy atom. The minimum absolute atomic E-state index is 0.373. The molecule has 0 heterocycles. The fraction of sp³-hybridized carbons (Fsp3) is 0.0769. The van der Waals surface area contributed by atoms with Crippen LogP contribution in [0.5, 0.6) is 0 Å². The Kier molecular flexibility index (Phi) is 4.43. The largest absolute Gasteiger partial charge is 0.320 e. The molecule has 18 heavy (non-hydrogen) atoms. The van der Waals surface area contributed by atoms with Crippen molar-refractivity contribution in [3.63, 3.8) is 0 Å². The van der Waals surface area contributed by atoms with Gasteiger partial charge in [0.1, 0.15) is 5.82 Å². The van der Waals surface area contributed by atoms with Gasteiger partial charge in [0, 0.05) is 14.5 Å². The number of nitrogens with two attached hydrogens (primary N) is 1. The van der Waals surface area contributed by atoms with E-state index in [4.69, 9.17) is 17.3 Å². The van der Waals surface area contributed by atoms with E-state index in [1.165, 1.54) is 6.07 Å². The quantitative estimate of drug-likeness (QED) is 0.710. The molecule has 2 aromatic carbocycles. The van der Waals surface area contributed by atoms with Crippen molar-refractivity contribution in [2.24, 2.45) is 5.73 Å². The van der Waals surface area contributed by atoms with Crippen LogP contribution in [0.1, 0.15) is 17.2 Å². The number of hydrogen-bond acceptors (Lipinski definition) is 1. The van der Waals surface area contributed by atoms with Crippen LogP contribution in [0.2, 0.25) is 5.02 Å². The highest BCUT2D eigenvalue weighted by Gasteiger charge is 2.15. The third-order valence-corrected chi connectivity index (χ3v) is 4.33. The standard InChI is InChI=1S/C13H9Br2ClFN/c14-8-3-1-7(2-4-8)13(18)9-5-11(16)10(15)6-12(9)17/h1-6,13H,18H2. The van der Waals surface area contributed by atoms with Crippen LogP contribution >= 0.6 is 43.5 Å². The van der Waals surface area contributed by atoms with Gasteiger partial charge >= 0.3 is 0 Å². The predicted molar refractivity (Wildman–Crippen MR) is 79.3 cm³/mol. The van der Waals surface area contributed by atoms with Gasteiger partial charge in [0.25, 0.3) is 0 Å². The molecule has 0 aliphatic carbocycles. The highest BCUT2D eigenvalue weighted by atomic mass is 79.9. The number of rotatable bonds is 2. The fourth-order valence-corrected chi connectivity index (χ4v) is 2.38. The highest BCUT2D eigenvalue weighted by molar-refractivity contribution is 9.10. The van der Waals surface area contributed by atoms with Crippen molar-refractivity contribution in [1.29, 1.82) is 0 Å². The summed E-state index contributed by atoms with van der Waals surface area (Å²) in [6.07, 6.45) is 0. The van der Waals surface area contributed by atoms with Crippen molar-refractivity contribution in [1.82, 2.24) is 0 Å². The molecule has 2 N–H and O–H groups in total. The molecule has 0 amide bonds. The third kappa shape index (κ3) is 2.94. The minimum Gasteiger partial charge on any atom is -0.320 e. The van der Waals surface area contributed by atoms with Crippen molar-refractivity contribution < 1.29 is 4.39 Å². The van der Waals surface area contributed by atoms with E-state index < -0.39 is 6.04 Å². The lowest BCUT2D eigenvalue weighted by molar-refractivity contribution is 0.599. The van der Waals surface area contributed by atoms with Crippen LogP contribution in [0.3, 0.4) is 0 Å². The van der Waals surface area contributed by atoms with Crippen LogP contribution < -0.4 is 5.73 Å². The molecule has 0 fully saturated rings. The van der Waals surface area contributed by atoms with Crippen molar-refractivity contribution in [2.75, 3.05) is 0 Å². The maximum Gasteiger partial charge on any atom is 0.129 e. The Labute approximate surface area is 126 Å². The smallest absolute Gasteiger partial charge is 0.129 e. The van der Waals surface area contributed by atoms with E-state index in [-0.39, 0.29) is 5.82 Å². The van der Waals surface area contributed by atoms with Gasteiger partial charge in [0.2, 0.25) is 0 Å². The molecule has 1 atom stereocenters. The average molecular weight is 393 g/mol. The molecular weight excluding hydrogens is 384 g/mol. The lowest BCUT2D eigenvalue weighted by Crippen LogP contribution is -2.13. The van der Waals surface area contributed by atoms with E-state index in [1.54, 1.807) is 6.07 Å². The molecule has 0 saturated carbocycles. The maximum atomic E-state index is 13.9. The number of halogens is 4. The molecule has 0 aromatic heterocycles. The van der Waals surface area contributed by atoms with Crippen molar-refractivity contribution >= 4 is 43.5 Å². The lowest BCUT2D eigenvalue weighted by atomic mass is 9.99. The Bertz CT molecular complexity index is 572. The second-order valence-corrected chi connectivity index (χ2v) is 5.99. The number of benzene rings is 2. The predicted octanol–water partition coefficient (Wildman–Crippen LogP) is 5.05. The summed E-state index contributed by atoms with van der Waals surface area (Å²) in [4.78, 5) is 0. The van der Waals surface area contributed by atoms with Gasteiger partial charge in [0.05, 0.1) is 11.1 Å². The first-order valence-electron chi connectivity index (χ1n) is 5.14. The van der Waals surface area contributed by atoms with Gasteiger partial charge < -0.3 is 5.73 Å². The molecule has 0 aliphatic heterocycles. The van der Waals surface area contributed by atoms with E-state index in [0.717, 1.165) is 10.0 Å². The van der Waals surface area contributed by atoms with E-state index in [9.17, 15) is 4.39 Å². The van der Waals surface area contributed by atoms with Crippen molar-refractivity contribution in [3.8, 4) is 0 Å². The minimum atomic E-state index is -0.538.